The molecule has 0 aromatic carbocycles. The maximum atomic E-state index is 12.6. The average Bonchev–Trinajstić information content (AvgIpc) is 3.02. The SMILES string of the molecule is CC1C2CC(Oc3cnc(C(F)(F)F)cn3)C(C2)N1C(=O)OC(C)(C)C. The van der Waals surface area contributed by atoms with Gasteiger partial charge in [0, 0.05) is 6.04 Å². The molecule has 0 spiro atoms. The summed E-state index contributed by atoms with van der Waals surface area (Å²) in [5.74, 6) is 0.285. The van der Waals surface area contributed by atoms with Gasteiger partial charge in [-0.3, -0.25) is 4.90 Å². The van der Waals surface area contributed by atoms with Crippen LogP contribution >= 0.6 is 0 Å². The predicted octanol–water partition coefficient (Wildman–Crippen LogP) is 3.66. The summed E-state index contributed by atoms with van der Waals surface area (Å²) in [4.78, 5) is 21.2. The van der Waals surface area contributed by atoms with E-state index in [1.165, 1.54) is 0 Å². The van der Waals surface area contributed by atoms with E-state index < -0.39 is 23.6 Å². The molecule has 4 atom stereocenters. The van der Waals surface area contributed by atoms with E-state index in [0.29, 0.717) is 12.6 Å². The van der Waals surface area contributed by atoms with E-state index in [4.69, 9.17) is 9.47 Å². The van der Waals surface area contributed by atoms with Crippen molar-refractivity contribution in [2.45, 2.75) is 70.5 Å². The summed E-state index contributed by atoms with van der Waals surface area (Å²) < 4.78 is 48.9. The molecule has 2 aliphatic rings. The van der Waals surface area contributed by atoms with Crippen LogP contribution in [0.2, 0.25) is 0 Å². The van der Waals surface area contributed by atoms with E-state index >= 15 is 0 Å². The molecule has 1 saturated heterocycles. The normalized spacial score (nSPS) is 28.3. The van der Waals surface area contributed by atoms with Crippen LogP contribution in [0.3, 0.4) is 0 Å². The molecular weight excluding hydrogens is 351 g/mol. The lowest BCUT2D eigenvalue weighted by atomic mass is 9.99. The van der Waals surface area contributed by atoms with E-state index in [-0.39, 0.29) is 30.0 Å². The number of rotatable bonds is 2. The molecule has 144 valence electrons. The lowest BCUT2D eigenvalue weighted by molar-refractivity contribution is -0.141. The Hall–Kier alpha value is -2.06. The summed E-state index contributed by atoms with van der Waals surface area (Å²) in [5.41, 5.74) is -1.67. The molecule has 9 heteroatoms. The molecule has 4 unspecified atom stereocenters. The Bertz CT molecular complexity index is 673. The van der Waals surface area contributed by atoms with Gasteiger partial charge in [-0.2, -0.15) is 13.2 Å². The number of ether oxygens (including phenoxy) is 2. The first-order valence-corrected chi connectivity index (χ1v) is 8.53. The number of piperidine rings is 1. The van der Waals surface area contributed by atoms with Crippen LogP contribution in [-0.4, -0.2) is 44.7 Å². The predicted molar refractivity (Wildman–Crippen MR) is 85.5 cm³/mol. The van der Waals surface area contributed by atoms with E-state index in [9.17, 15) is 18.0 Å². The van der Waals surface area contributed by atoms with Crippen LogP contribution in [0.1, 0.15) is 46.2 Å². The molecule has 26 heavy (non-hydrogen) atoms. The van der Waals surface area contributed by atoms with Gasteiger partial charge in [0.15, 0.2) is 5.69 Å². The minimum absolute atomic E-state index is 0.0207. The van der Waals surface area contributed by atoms with Gasteiger partial charge in [-0.05, 0) is 46.5 Å². The van der Waals surface area contributed by atoms with Crippen LogP contribution in [-0.2, 0) is 10.9 Å². The number of alkyl halides is 3. The smallest absolute Gasteiger partial charge is 0.434 e. The maximum Gasteiger partial charge on any atom is 0.434 e. The van der Waals surface area contributed by atoms with Crippen LogP contribution < -0.4 is 4.74 Å². The number of carbonyl (C=O) groups is 1. The molecule has 2 bridgehead atoms. The Balaban J connectivity index is 1.70. The molecule has 3 rings (SSSR count). The van der Waals surface area contributed by atoms with E-state index in [2.05, 4.69) is 9.97 Å². The number of carbonyl (C=O) groups excluding carboxylic acids is 1. The first-order valence-electron chi connectivity index (χ1n) is 8.53. The third-order valence-electron chi connectivity index (χ3n) is 4.78. The molecule has 1 aromatic heterocycles. The van der Waals surface area contributed by atoms with Gasteiger partial charge in [-0.1, -0.05) is 0 Å². The fourth-order valence-corrected chi connectivity index (χ4v) is 3.65. The van der Waals surface area contributed by atoms with Gasteiger partial charge >= 0.3 is 12.3 Å². The molecule has 0 radical (unpaired) electrons. The Kier molecular flexibility index (Phi) is 4.52. The number of hydrogen-bond acceptors (Lipinski definition) is 5. The lowest BCUT2D eigenvalue weighted by Crippen LogP contribution is -2.52. The second-order valence-electron chi connectivity index (χ2n) is 7.82. The minimum Gasteiger partial charge on any atom is -0.471 e. The second-order valence-corrected chi connectivity index (χ2v) is 7.82. The van der Waals surface area contributed by atoms with Gasteiger partial charge in [-0.15, -0.1) is 0 Å². The fraction of sp³-hybridized carbons (Fsp3) is 0.706. The number of hydrogen-bond donors (Lipinski definition) is 0. The van der Waals surface area contributed by atoms with Crippen molar-refractivity contribution in [2.24, 2.45) is 5.92 Å². The van der Waals surface area contributed by atoms with E-state index in [0.717, 1.165) is 12.6 Å². The molecule has 2 heterocycles. The standard InChI is InChI=1S/C17H22F3N3O3/c1-9-10-5-11(23(9)15(24)26-16(2,3)4)12(6-10)25-14-8-21-13(7-22-14)17(18,19)20/h7-12H,5-6H2,1-4H3. The highest BCUT2D eigenvalue weighted by molar-refractivity contribution is 5.70. The zero-order valence-electron chi connectivity index (χ0n) is 15.1. The highest BCUT2D eigenvalue weighted by Gasteiger charge is 2.53. The minimum atomic E-state index is -4.54. The molecule has 2 fully saturated rings. The monoisotopic (exact) mass is 373 g/mol. The largest absolute Gasteiger partial charge is 0.471 e. The summed E-state index contributed by atoms with van der Waals surface area (Å²) in [6.45, 7) is 7.38. The van der Waals surface area contributed by atoms with Crippen molar-refractivity contribution in [2.75, 3.05) is 0 Å². The highest BCUT2D eigenvalue weighted by Crippen LogP contribution is 2.44. The molecule has 1 aliphatic carbocycles. The number of likely N-dealkylation sites (tertiary alicyclic amines) is 1. The Labute approximate surface area is 149 Å². The van der Waals surface area contributed by atoms with Crippen molar-refractivity contribution in [3.05, 3.63) is 18.1 Å². The molecule has 6 nitrogen and oxygen atoms in total. The van der Waals surface area contributed by atoms with Gasteiger partial charge in [0.05, 0.1) is 18.4 Å². The van der Waals surface area contributed by atoms with Crippen molar-refractivity contribution in [3.63, 3.8) is 0 Å². The van der Waals surface area contributed by atoms with Gasteiger partial charge < -0.3 is 9.47 Å². The fourth-order valence-electron chi connectivity index (χ4n) is 3.65. The van der Waals surface area contributed by atoms with Gasteiger partial charge in [0.2, 0.25) is 5.88 Å². The zero-order valence-corrected chi connectivity index (χ0v) is 15.1. The Morgan fingerprint density at radius 1 is 1.19 bits per heavy atom. The number of nitrogens with zero attached hydrogens (tertiary/aromatic N) is 3. The van der Waals surface area contributed by atoms with Gasteiger partial charge in [0.25, 0.3) is 0 Å². The molecule has 1 amide bonds. The average molecular weight is 373 g/mol. The maximum absolute atomic E-state index is 12.6. The Morgan fingerprint density at radius 2 is 1.88 bits per heavy atom. The second kappa shape index (κ2) is 6.28. The van der Waals surface area contributed by atoms with Crippen molar-refractivity contribution < 1.29 is 27.4 Å². The number of fused-ring (bicyclic) bond motifs is 2. The van der Waals surface area contributed by atoms with Crippen LogP contribution in [0.15, 0.2) is 12.4 Å². The zero-order chi connectivity index (χ0) is 19.3. The lowest BCUT2D eigenvalue weighted by Gasteiger charge is -2.38. The third-order valence-corrected chi connectivity index (χ3v) is 4.78. The first-order chi connectivity index (χ1) is 12.0. The molecule has 1 saturated carbocycles. The van der Waals surface area contributed by atoms with E-state index in [1.54, 1.807) is 25.7 Å². The van der Waals surface area contributed by atoms with Crippen molar-refractivity contribution >= 4 is 6.09 Å². The topological polar surface area (TPSA) is 64.6 Å². The Morgan fingerprint density at radius 3 is 2.38 bits per heavy atom. The van der Waals surface area contributed by atoms with Crippen LogP contribution in [0, 0.1) is 5.92 Å². The van der Waals surface area contributed by atoms with Crippen LogP contribution in [0.25, 0.3) is 0 Å². The summed E-state index contributed by atoms with van der Waals surface area (Å²) >= 11 is 0. The highest BCUT2D eigenvalue weighted by atomic mass is 19.4. The van der Waals surface area contributed by atoms with Crippen molar-refractivity contribution in [1.82, 2.24) is 14.9 Å². The third kappa shape index (κ3) is 3.71. The van der Waals surface area contributed by atoms with Gasteiger partial charge in [-0.25, -0.2) is 14.8 Å². The van der Waals surface area contributed by atoms with Crippen LogP contribution in [0.5, 0.6) is 5.88 Å². The molecule has 0 N–H and O–H groups in total. The number of amides is 1. The van der Waals surface area contributed by atoms with E-state index in [1.807, 2.05) is 6.92 Å². The molecular formula is C17H22F3N3O3. The van der Waals surface area contributed by atoms with Crippen LogP contribution in [0.4, 0.5) is 18.0 Å². The van der Waals surface area contributed by atoms with Gasteiger partial charge in [0.1, 0.15) is 11.7 Å². The van der Waals surface area contributed by atoms with Crippen molar-refractivity contribution in [1.29, 1.82) is 0 Å². The number of aromatic nitrogens is 2. The molecule has 1 aliphatic heterocycles. The number of halogens is 3. The summed E-state index contributed by atoms with van der Waals surface area (Å²) in [6.07, 6.45) is -2.17. The van der Waals surface area contributed by atoms with Crippen molar-refractivity contribution in [3.8, 4) is 5.88 Å². The molecule has 1 aromatic rings. The summed E-state index contributed by atoms with van der Waals surface area (Å²) in [5, 5.41) is 0. The first kappa shape index (κ1) is 18.7. The quantitative estimate of drug-likeness (QED) is 0.792. The summed E-state index contributed by atoms with van der Waals surface area (Å²) in [6, 6.07) is -0.151. The summed E-state index contributed by atoms with van der Waals surface area (Å²) in [7, 11) is 0.